The summed E-state index contributed by atoms with van der Waals surface area (Å²) in [7, 11) is 0. The van der Waals surface area contributed by atoms with Crippen LogP contribution in [0.3, 0.4) is 0 Å². The first-order chi connectivity index (χ1) is 8.69. The van der Waals surface area contributed by atoms with Gasteiger partial charge in [-0.15, -0.1) is 0 Å². The summed E-state index contributed by atoms with van der Waals surface area (Å²) in [6.45, 7) is 0. The molecular weight excluding hydrogens is 230 g/mol. The van der Waals surface area contributed by atoms with Crippen LogP contribution in [0.15, 0.2) is 36.5 Å². The van der Waals surface area contributed by atoms with E-state index in [-0.39, 0.29) is 11.6 Å². The molecule has 18 heavy (non-hydrogen) atoms. The van der Waals surface area contributed by atoms with Crippen LogP contribution >= 0.6 is 0 Å². The molecule has 0 spiro atoms. The Morgan fingerprint density at radius 2 is 2.22 bits per heavy atom. The highest BCUT2D eigenvalue weighted by atomic mass is 16.1. The van der Waals surface area contributed by atoms with Gasteiger partial charge in [0.1, 0.15) is 11.8 Å². The highest BCUT2D eigenvalue weighted by Gasteiger charge is 2.03. The van der Waals surface area contributed by atoms with Gasteiger partial charge in [-0.05, 0) is 24.3 Å². The molecule has 0 saturated heterocycles. The van der Waals surface area contributed by atoms with Gasteiger partial charge in [-0.25, -0.2) is 9.97 Å². The Hall–Kier alpha value is -2.94. The van der Waals surface area contributed by atoms with E-state index in [1.807, 2.05) is 6.07 Å². The molecule has 0 bridgehead atoms. The Balaban J connectivity index is 2.26. The van der Waals surface area contributed by atoms with E-state index >= 15 is 0 Å². The van der Waals surface area contributed by atoms with Gasteiger partial charge >= 0.3 is 0 Å². The predicted octanol–water partition coefficient (Wildman–Crippen LogP) is 1.19. The lowest BCUT2D eigenvalue weighted by Crippen LogP contribution is -2.11. The zero-order valence-corrected chi connectivity index (χ0v) is 9.29. The Kier molecular flexibility index (Phi) is 3.16. The molecule has 6 heteroatoms. The van der Waals surface area contributed by atoms with Crippen molar-refractivity contribution in [3.05, 3.63) is 47.8 Å². The zero-order valence-electron chi connectivity index (χ0n) is 9.29. The molecule has 2 aromatic rings. The van der Waals surface area contributed by atoms with E-state index in [0.717, 1.165) is 0 Å². The van der Waals surface area contributed by atoms with Crippen LogP contribution in [-0.2, 0) is 0 Å². The maximum Gasteiger partial charge on any atom is 0.248 e. The largest absolute Gasteiger partial charge is 0.366 e. The summed E-state index contributed by atoms with van der Waals surface area (Å²) in [6, 6.07) is 10.1. The molecule has 88 valence electrons. The summed E-state index contributed by atoms with van der Waals surface area (Å²) >= 11 is 0. The van der Waals surface area contributed by atoms with Gasteiger partial charge in [0.05, 0.1) is 0 Å². The van der Waals surface area contributed by atoms with Crippen molar-refractivity contribution in [1.82, 2.24) is 9.97 Å². The normalized spacial score (nSPS) is 9.50. The van der Waals surface area contributed by atoms with E-state index in [0.29, 0.717) is 11.3 Å². The molecule has 0 fully saturated rings. The fraction of sp³-hybridized carbons (Fsp3) is 0. The van der Waals surface area contributed by atoms with E-state index in [1.165, 1.54) is 12.3 Å². The van der Waals surface area contributed by atoms with Gasteiger partial charge in [0, 0.05) is 17.4 Å². The Bertz CT molecular complexity index is 632. The average Bonchev–Trinajstić information content (AvgIpc) is 2.39. The van der Waals surface area contributed by atoms with Crippen LogP contribution in [0.1, 0.15) is 16.1 Å². The molecule has 2 rings (SSSR count). The minimum atomic E-state index is -0.509. The Morgan fingerprint density at radius 1 is 1.39 bits per heavy atom. The van der Waals surface area contributed by atoms with Crippen LogP contribution in [0.25, 0.3) is 0 Å². The molecule has 6 nitrogen and oxygen atoms in total. The third kappa shape index (κ3) is 2.59. The molecular formula is C12H9N5O. The van der Waals surface area contributed by atoms with E-state index in [1.54, 1.807) is 24.3 Å². The number of hydrogen-bond donors (Lipinski definition) is 2. The lowest BCUT2D eigenvalue weighted by Gasteiger charge is -2.05. The van der Waals surface area contributed by atoms with Gasteiger partial charge in [-0.1, -0.05) is 6.07 Å². The number of anilines is 2. The Morgan fingerprint density at radius 3 is 2.94 bits per heavy atom. The van der Waals surface area contributed by atoms with Crippen LogP contribution < -0.4 is 11.1 Å². The smallest absolute Gasteiger partial charge is 0.248 e. The molecule has 0 aliphatic rings. The number of aromatic nitrogens is 2. The topological polar surface area (TPSA) is 105 Å². The van der Waals surface area contributed by atoms with Gasteiger partial charge in [0.25, 0.3) is 0 Å². The second-order valence-corrected chi connectivity index (χ2v) is 3.45. The lowest BCUT2D eigenvalue weighted by atomic mass is 10.2. The molecule has 0 aliphatic heterocycles. The van der Waals surface area contributed by atoms with Gasteiger partial charge in [0.2, 0.25) is 11.9 Å². The van der Waals surface area contributed by atoms with Crippen molar-refractivity contribution in [2.75, 3.05) is 5.32 Å². The maximum absolute atomic E-state index is 11.0. The van der Waals surface area contributed by atoms with Gasteiger partial charge in [-0.2, -0.15) is 5.26 Å². The monoisotopic (exact) mass is 239 g/mol. The first kappa shape index (κ1) is 11.5. The van der Waals surface area contributed by atoms with Crippen molar-refractivity contribution >= 4 is 17.5 Å². The summed E-state index contributed by atoms with van der Waals surface area (Å²) in [5.74, 6) is -0.221. The number of nitrogens with two attached hydrogens (primary N) is 1. The first-order valence-corrected chi connectivity index (χ1v) is 5.09. The summed E-state index contributed by atoms with van der Waals surface area (Å²) in [4.78, 5) is 19.0. The molecule has 1 amide bonds. The number of nitrogens with zero attached hydrogens (tertiary/aromatic N) is 3. The van der Waals surface area contributed by atoms with Gasteiger partial charge in [-0.3, -0.25) is 4.79 Å². The fourth-order valence-corrected chi connectivity index (χ4v) is 1.36. The molecule has 0 saturated carbocycles. The molecule has 3 N–H and O–H groups in total. The third-order valence-electron chi connectivity index (χ3n) is 2.17. The second kappa shape index (κ2) is 4.93. The minimum Gasteiger partial charge on any atom is -0.366 e. The molecule has 0 aliphatic carbocycles. The van der Waals surface area contributed by atoms with E-state index in [2.05, 4.69) is 15.3 Å². The summed E-state index contributed by atoms with van der Waals surface area (Å²) in [5, 5.41) is 11.6. The molecule has 0 unspecified atom stereocenters. The Labute approximate surface area is 103 Å². The number of nitrogens with one attached hydrogen (secondary N) is 1. The molecule has 0 radical (unpaired) electrons. The number of rotatable bonds is 3. The molecule has 1 heterocycles. The van der Waals surface area contributed by atoms with Crippen molar-refractivity contribution < 1.29 is 4.79 Å². The maximum atomic E-state index is 11.0. The van der Waals surface area contributed by atoms with E-state index in [9.17, 15) is 4.79 Å². The van der Waals surface area contributed by atoms with E-state index < -0.39 is 5.91 Å². The van der Waals surface area contributed by atoms with Crippen molar-refractivity contribution in [3.63, 3.8) is 0 Å². The number of primary amides is 1. The van der Waals surface area contributed by atoms with Gasteiger partial charge < -0.3 is 11.1 Å². The van der Waals surface area contributed by atoms with Crippen molar-refractivity contribution in [2.24, 2.45) is 5.73 Å². The van der Waals surface area contributed by atoms with Crippen LogP contribution in [0, 0.1) is 11.3 Å². The summed E-state index contributed by atoms with van der Waals surface area (Å²) in [6.07, 6.45) is 1.48. The van der Waals surface area contributed by atoms with Crippen molar-refractivity contribution in [3.8, 4) is 6.07 Å². The number of carbonyl (C=O) groups is 1. The molecule has 1 aromatic heterocycles. The SMILES string of the molecule is N#Cc1ccnc(Nc2cccc(C(N)=O)c2)n1. The quantitative estimate of drug-likeness (QED) is 0.837. The number of hydrogen-bond acceptors (Lipinski definition) is 5. The van der Waals surface area contributed by atoms with Crippen molar-refractivity contribution in [1.29, 1.82) is 5.26 Å². The molecule has 0 atom stereocenters. The number of carbonyl (C=O) groups excluding carboxylic acids is 1. The average molecular weight is 239 g/mol. The van der Waals surface area contributed by atoms with Gasteiger partial charge in [0.15, 0.2) is 0 Å². The molecule has 1 aromatic carbocycles. The number of nitriles is 1. The lowest BCUT2D eigenvalue weighted by molar-refractivity contribution is 0.100. The summed E-state index contributed by atoms with van der Waals surface area (Å²) < 4.78 is 0. The van der Waals surface area contributed by atoms with Crippen LogP contribution in [0.5, 0.6) is 0 Å². The minimum absolute atomic E-state index is 0.263. The fourth-order valence-electron chi connectivity index (χ4n) is 1.36. The zero-order chi connectivity index (χ0) is 13.0. The standard InChI is InChI=1S/C12H9N5O/c13-7-10-4-5-15-12(17-10)16-9-3-1-2-8(6-9)11(14)18/h1-6H,(H2,14,18)(H,15,16,17). The first-order valence-electron chi connectivity index (χ1n) is 5.09. The predicted molar refractivity (Wildman–Crippen MR) is 65.0 cm³/mol. The number of benzene rings is 1. The van der Waals surface area contributed by atoms with E-state index in [4.69, 9.17) is 11.0 Å². The summed E-state index contributed by atoms with van der Waals surface area (Å²) in [5.41, 5.74) is 6.46. The number of amides is 1. The second-order valence-electron chi connectivity index (χ2n) is 3.45. The highest BCUT2D eigenvalue weighted by Crippen LogP contribution is 2.14. The van der Waals surface area contributed by atoms with Crippen LogP contribution in [0.2, 0.25) is 0 Å². The van der Waals surface area contributed by atoms with Crippen LogP contribution in [-0.4, -0.2) is 15.9 Å². The highest BCUT2D eigenvalue weighted by molar-refractivity contribution is 5.93. The van der Waals surface area contributed by atoms with Crippen LogP contribution in [0.4, 0.5) is 11.6 Å². The third-order valence-corrected chi connectivity index (χ3v) is 2.17. The van der Waals surface area contributed by atoms with Crippen molar-refractivity contribution in [2.45, 2.75) is 0 Å².